The molecule has 2 aliphatic heterocycles. The predicted octanol–water partition coefficient (Wildman–Crippen LogP) is 3.46. The molecule has 1 atom stereocenters. The van der Waals surface area contributed by atoms with E-state index in [0.717, 1.165) is 50.5 Å². The molecular formula is C21H23F6N3O7. The van der Waals surface area contributed by atoms with E-state index in [4.69, 9.17) is 33.8 Å². The van der Waals surface area contributed by atoms with Crippen LogP contribution in [0.4, 0.5) is 26.3 Å². The lowest BCUT2D eigenvalue weighted by atomic mass is 9.84. The van der Waals surface area contributed by atoms with E-state index in [1.54, 1.807) is 6.20 Å². The molecule has 1 unspecified atom stereocenters. The molecule has 0 amide bonds. The molecule has 0 bridgehead atoms. The van der Waals surface area contributed by atoms with Crippen LogP contribution < -0.4 is 4.74 Å². The van der Waals surface area contributed by atoms with E-state index in [-0.39, 0.29) is 11.7 Å². The second kappa shape index (κ2) is 12.2. The predicted molar refractivity (Wildman–Crippen MR) is 110 cm³/mol. The van der Waals surface area contributed by atoms with E-state index in [1.807, 2.05) is 31.2 Å². The largest absolute Gasteiger partial charge is 0.490 e. The number of nitrogens with zero attached hydrogens (tertiary/aromatic N) is 3. The summed E-state index contributed by atoms with van der Waals surface area (Å²) < 4.78 is 80.7. The van der Waals surface area contributed by atoms with Crippen molar-refractivity contribution in [3.05, 3.63) is 41.9 Å². The van der Waals surface area contributed by atoms with Crippen molar-refractivity contribution >= 4 is 11.9 Å². The number of aryl methyl sites for hydroxylation is 1. The number of aromatic nitrogens is 2. The Kier molecular flexibility index (Phi) is 9.86. The number of hydrogen-bond acceptors (Lipinski definition) is 8. The number of alkyl halides is 6. The molecule has 0 aromatic carbocycles. The summed E-state index contributed by atoms with van der Waals surface area (Å²) in [7, 11) is 0. The van der Waals surface area contributed by atoms with Crippen LogP contribution in [-0.4, -0.2) is 80.9 Å². The lowest BCUT2D eigenvalue weighted by Gasteiger charge is -2.52. The number of rotatable bonds is 4. The Morgan fingerprint density at radius 1 is 1.14 bits per heavy atom. The van der Waals surface area contributed by atoms with Crippen LogP contribution in [0.3, 0.4) is 0 Å². The van der Waals surface area contributed by atoms with E-state index in [0.29, 0.717) is 5.88 Å². The number of carboxylic acids is 2. The van der Waals surface area contributed by atoms with Gasteiger partial charge in [0.25, 0.3) is 0 Å². The SMILES string of the molecule is Cc1cc(CN2CC3(CC(Oc4ccccn4)CCO3)C2)no1.O=C(O)C(F)(F)F.O=C(O)C(F)(F)F. The number of halogens is 6. The average Bonchev–Trinajstić information content (AvgIpc) is 3.18. The van der Waals surface area contributed by atoms with Crippen molar-refractivity contribution in [1.29, 1.82) is 0 Å². The van der Waals surface area contributed by atoms with E-state index < -0.39 is 24.3 Å². The van der Waals surface area contributed by atoms with Crippen LogP contribution >= 0.6 is 0 Å². The average molecular weight is 543 g/mol. The number of ether oxygens (including phenoxy) is 2. The third-order valence-electron chi connectivity index (χ3n) is 4.94. The van der Waals surface area contributed by atoms with Gasteiger partial charge in [0.15, 0.2) is 0 Å². The summed E-state index contributed by atoms with van der Waals surface area (Å²) in [5, 5.41) is 18.3. The monoisotopic (exact) mass is 543 g/mol. The molecule has 2 fully saturated rings. The highest BCUT2D eigenvalue weighted by Gasteiger charge is 2.48. The van der Waals surface area contributed by atoms with Crippen LogP contribution in [0.15, 0.2) is 35.0 Å². The van der Waals surface area contributed by atoms with Crippen molar-refractivity contribution in [2.24, 2.45) is 0 Å². The van der Waals surface area contributed by atoms with Gasteiger partial charge >= 0.3 is 24.3 Å². The van der Waals surface area contributed by atoms with Gasteiger partial charge in [0, 0.05) is 50.8 Å². The quantitative estimate of drug-likeness (QED) is 0.552. The summed E-state index contributed by atoms with van der Waals surface area (Å²) in [6, 6.07) is 7.73. The summed E-state index contributed by atoms with van der Waals surface area (Å²) in [4.78, 5) is 24.4. The molecule has 0 saturated carbocycles. The van der Waals surface area contributed by atoms with Gasteiger partial charge in [-0.2, -0.15) is 26.3 Å². The minimum atomic E-state index is -5.08. The van der Waals surface area contributed by atoms with Crippen LogP contribution in [0.1, 0.15) is 24.3 Å². The first kappa shape index (κ1) is 29.8. The molecule has 37 heavy (non-hydrogen) atoms. The standard InChI is InChI=1S/C17H21N3O3.2C2HF3O2/c1-13-8-14(19-23-13)10-20-11-17(12-20)9-15(5-7-21-17)22-16-4-2-3-6-18-16;2*3-2(4,5)1(6)7/h2-4,6,8,15H,5,7,9-12H2,1H3;2*(H,6,7). The summed E-state index contributed by atoms with van der Waals surface area (Å²) >= 11 is 0. The number of aliphatic carboxylic acids is 2. The van der Waals surface area contributed by atoms with Gasteiger partial charge in [0.1, 0.15) is 11.9 Å². The normalized spacial score (nSPS) is 18.9. The molecular weight excluding hydrogens is 520 g/mol. The van der Waals surface area contributed by atoms with Gasteiger partial charge in [-0.3, -0.25) is 4.90 Å². The highest BCUT2D eigenvalue weighted by atomic mass is 19.4. The van der Waals surface area contributed by atoms with Gasteiger partial charge < -0.3 is 24.2 Å². The zero-order valence-corrected chi connectivity index (χ0v) is 19.3. The maximum absolute atomic E-state index is 10.6. The number of carboxylic acid groups (broad SMARTS) is 2. The number of pyridine rings is 1. The van der Waals surface area contributed by atoms with Crippen molar-refractivity contribution in [3.63, 3.8) is 0 Å². The first-order chi connectivity index (χ1) is 17.1. The molecule has 0 aliphatic carbocycles. The van der Waals surface area contributed by atoms with Crippen molar-refractivity contribution in [1.82, 2.24) is 15.0 Å². The fourth-order valence-electron chi connectivity index (χ4n) is 3.49. The Hall–Kier alpha value is -3.40. The molecule has 1 spiro atoms. The Balaban J connectivity index is 0.000000286. The van der Waals surface area contributed by atoms with Crippen LogP contribution in [0, 0.1) is 6.92 Å². The molecule has 4 heterocycles. The first-order valence-electron chi connectivity index (χ1n) is 10.6. The van der Waals surface area contributed by atoms with Crippen molar-refractivity contribution < 1.29 is 60.1 Å². The molecule has 2 aromatic rings. The Labute approximate surface area is 205 Å². The number of hydrogen-bond donors (Lipinski definition) is 2. The molecule has 2 aliphatic rings. The molecule has 2 N–H and O–H groups in total. The van der Waals surface area contributed by atoms with Crippen molar-refractivity contribution in [2.75, 3.05) is 19.7 Å². The van der Waals surface area contributed by atoms with Gasteiger partial charge in [0.2, 0.25) is 5.88 Å². The molecule has 4 rings (SSSR count). The smallest absolute Gasteiger partial charge is 0.475 e. The maximum atomic E-state index is 10.6. The zero-order valence-electron chi connectivity index (χ0n) is 19.3. The van der Waals surface area contributed by atoms with Crippen LogP contribution in [0.5, 0.6) is 5.88 Å². The number of carbonyl (C=O) groups is 2. The highest BCUT2D eigenvalue weighted by Crippen LogP contribution is 2.36. The third-order valence-corrected chi connectivity index (χ3v) is 4.94. The molecule has 16 heteroatoms. The second-order valence-electron chi connectivity index (χ2n) is 8.11. The Bertz CT molecular complexity index is 1000. The second-order valence-corrected chi connectivity index (χ2v) is 8.11. The van der Waals surface area contributed by atoms with E-state index in [1.165, 1.54) is 0 Å². The van der Waals surface area contributed by atoms with Gasteiger partial charge in [-0.25, -0.2) is 14.6 Å². The third kappa shape index (κ3) is 9.87. The lowest BCUT2D eigenvalue weighted by molar-refractivity contribution is -0.193. The Morgan fingerprint density at radius 3 is 2.19 bits per heavy atom. The molecule has 10 nitrogen and oxygen atoms in total. The molecule has 2 aromatic heterocycles. The fourth-order valence-corrected chi connectivity index (χ4v) is 3.49. The van der Waals surface area contributed by atoms with Gasteiger partial charge in [0.05, 0.1) is 17.9 Å². The maximum Gasteiger partial charge on any atom is 0.490 e. The highest BCUT2D eigenvalue weighted by molar-refractivity contribution is 5.73. The molecule has 0 radical (unpaired) electrons. The first-order valence-corrected chi connectivity index (χ1v) is 10.6. The van der Waals surface area contributed by atoms with Gasteiger partial charge in [-0.05, 0) is 13.0 Å². The Morgan fingerprint density at radius 2 is 1.73 bits per heavy atom. The topological polar surface area (TPSA) is 135 Å². The zero-order chi connectivity index (χ0) is 27.9. The van der Waals surface area contributed by atoms with Crippen LogP contribution in [-0.2, 0) is 20.9 Å². The van der Waals surface area contributed by atoms with Crippen molar-refractivity contribution in [2.45, 2.75) is 50.4 Å². The fraction of sp³-hybridized carbons (Fsp3) is 0.524. The van der Waals surface area contributed by atoms with Crippen molar-refractivity contribution in [3.8, 4) is 5.88 Å². The van der Waals surface area contributed by atoms with E-state index in [9.17, 15) is 26.3 Å². The van der Waals surface area contributed by atoms with Gasteiger partial charge in [-0.1, -0.05) is 11.2 Å². The van der Waals surface area contributed by atoms with Crippen LogP contribution in [0.25, 0.3) is 0 Å². The molecule has 206 valence electrons. The van der Waals surface area contributed by atoms with E-state index in [2.05, 4.69) is 15.0 Å². The van der Waals surface area contributed by atoms with Crippen LogP contribution in [0.2, 0.25) is 0 Å². The summed E-state index contributed by atoms with van der Waals surface area (Å²) in [5.41, 5.74) is 0.908. The number of likely N-dealkylation sites (tertiary alicyclic amines) is 1. The van der Waals surface area contributed by atoms with Gasteiger partial charge in [-0.15, -0.1) is 0 Å². The molecule has 2 saturated heterocycles. The minimum Gasteiger partial charge on any atom is -0.475 e. The lowest BCUT2D eigenvalue weighted by Crippen LogP contribution is -2.65. The van der Waals surface area contributed by atoms with E-state index >= 15 is 0 Å². The summed E-state index contributed by atoms with van der Waals surface area (Å²) in [6.07, 6.45) is -6.40. The summed E-state index contributed by atoms with van der Waals surface area (Å²) in [6.45, 7) is 5.31. The minimum absolute atomic E-state index is 0.0729. The summed E-state index contributed by atoms with van der Waals surface area (Å²) in [5.74, 6) is -3.96.